The van der Waals surface area contributed by atoms with Gasteiger partial charge in [-0.2, -0.15) is 0 Å². The number of hydrogen-bond donors (Lipinski definition) is 0. The van der Waals surface area contributed by atoms with Crippen molar-refractivity contribution < 1.29 is 0 Å². The van der Waals surface area contributed by atoms with Crippen molar-refractivity contribution in [3.63, 3.8) is 0 Å². The predicted molar refractivity (Wildman–Crippen MR) is 93.1 cm³/mol. The fraction of sp³-hybridized carbons (Fsp3) is 0.176. The third kappa shape index (κ3) is 3.91. The number of aromatic nitrogens is 2. The van der Waals surface area contributed by atoms with Crippen LogP contribution in [0.2, 0.25) is 10.0 Å². The van der Waals surface area contributed by atoms with Crippen LogP contribution in [0.4, 0.5) is 0 Å². The smallest absolute Gasteiger partial charge is 0.258 e. The van der Waals surface area contributed by atoms with Crippen LogP contribution in [0, 0.1) is 0 Å². The maximum Gasteiger partial charge on any atom is 0.258 e. The summed E-state index contributed by atoms with van der Waals surface area (Å²) in [7, 11) is 1.99. The lowest BCUT2D eigenvalue weighted by Gasteiger charge is -2.16. The topological polar surface area (TPSA) is 37.6 Å². The van der Waals surface area contributed by atoms with Crippen LogP contribution in [-0.2, 0) is 13.1 Å². The Morgan fingerprint density at radius 1 is 1.04 bits per heavy atom. The fourth-order valence-corrected chi connectivity index (χ4v) is 2.73. The molecule has 0 aliphatic rings. The van der Waals surface area contributed by atoms with Crippen molar-refractivity contribution in [3.8, 4) is 0 Å². The van der Waals surface area contributed by atoms with Gasteiger partial charge in [0.15, 0.2) is 0 Å². The number of hydrogen-bond acceptors (Lipinski definition) is 3. The highest BCUT2D eigenvalue weighted by Crippen LogP contribution is 2.12. The van der Waals surface area contributed by atoms with Crippen molar-refractivity contribution in [2.24, 2.45) is 0 Å². The first kappa shape index (κ1) is 16.0. The Labute approximate surface area is 143 Å². The molecular weight excluding hydrogens is 333 g/mol. The average Bonchev–Trinajstić information content (AvgIpc) is 2.50. The maximum atomic E-state index is 12.2. The summed E-state index contributed by atoms with van der Waals surface area (Å²) in [6.45, 7) is 1.33. The molecule has 0 N–H and O–H groups in total. The molecule has 4 nitrogen and oxygen atoms in total. The monoisotopic (exact) mass is 347 g/mol. The van der Waals surface area contributed by atoms with Gasteiger partial charge in [0, 0.05) is 30.4 Å². The van der Waals surface area contributed by atoms with Gasteiger partial charge >= 0.3 is 0 Å². The van der Waals surface area contributed by atoms with E-state index in [1.165, 1.54) is 4.40 Å². The molecule has 0 aliphatic carbocycles. The van der Waals surface area contributed by atoms with E-state index < -0.39 is 0 Å². The summed E-state index contributed by atoms with van der Waals surface area (Å²) in [5, 5.41) is 1.23. The number of pyridine rings is 1. The average molecular weight is 348 g/mol. The van der Waals surface area contributed by atoms with Crippen LogP contribution in [0.3, 0.4) is 0 Å². The van der Waals surface area contributed by atoms with Gasteiger partial charge in [0.2, 0.25) is 0 Å². The molecule has 0 amide bonds. The lowest BCUT2D eigenvalue weighted by Crippen LogP contribution is -2.21. The molecule has 23 heavy (non-hydrogen) atoms. The van der Waals surface area contributed by atoms with E-state index in [-0.39, 0.29) is 5.56 Å². The first-order valence-electron chi connectivity index (χ1n) is 7.12. The normalized spacial score (nSPS) is 11.3. The zero-order chi connectivity index (χ0) is 16.4. The van der Waals surface area contributed by atoms with Gasteiger partial charge in [-0.15, -0.1) is 0 Å². The molecule has 0 aliphatic heterocycles. The lowest BCUT2D eigenvalue weighted by molar-refractivity contribution is 0.315. The maximum absolute atomic E-state index is 12.2. The molecule has 0 spiro atoms. The van der Waals surface area contributed by atoms with Crippen LogP contribution in [0.25, 0.3) is 5.65 Å². The van der Waals surface area contributed by atoms with E-state index in [4.69, 9.17) is 23.2 Å². The van der Waals surface area contributed by atoms with Crippen molar-refractivity contribution in [2.75, 3.05) is 7.05 Å². The first-order chi connectivity index (χ1) is 11.0. The van der Waals surface area contributed by atoms with Crippen molar-refractivity contribution in [1.29, 1.82) is 0 Å². The molecule has 0 saturated heterocycles. The summed E-state index contributed by atoms with van der Waals surface area (Å²) in [5.41, 5.74) is 2.35. The van der Waals surface area contributed by atoms with Crippen LogP contribution >= 0.6 is 23.2 Å². The molecule has 2 aromatic heterocycles. The van der Waals surface area contributed by atoms with Gasteiger partial charge in [0.05, 0.1) is 10.7 Å². The van der Waals surface area contributed by atoms with Gasteiger partial charge < -0.3 is 0 Å². The third-order valence-corrected chi connectivity index (χ3v) is 3.95. The van der Waals surface area contributed by atoms with E-state index >= 15 is 0 Å². The molecular formula is C17H15Cl2N3O. The Bertz CT molecular complexity index is 890. The van der Waals surface area contributed by atoms with Crippen LogP contribution in [-0.4, -0.2) is 21.3 Å². The van der Waals surface area contributed by atoms with Crippen LogP contribution in [0.5, 0.6) is 0 Å². The minimum atomic E-state index is -0.132. The molecule has 2 heterocycles. The van der Waals surface area contributed by atoms with Gasteiger partial charge in [-0.3, -0.25) is 14.1 Å². The zero-order valence-corrected chi connectivity index (χ0v) is 14.1. The highest BCUT2D eigenvalue weighted by Gasteiger charge is 2.07. The lowest BCUT2D eigenvalue weighted by atomic mass is 10.2. The van der Waals surface area contributed by atoms with E-state index in [0.29, 0.717) is 17.2 Å². The van der Waals surface area contributed by atoms with E-state index in [1.807, 2.05) is 31.3 Å². The number of rotatable bonds is 4. The summed E-state index contributed by atoms with van der Waals surface area (Å²) in [6.07, 6.45) is 1.58. The van der Waals surface area contributed by atoms with Crippen molar-refractivity contribution in [3.05, 3.63) is 80.3 Å². The van der Waals surface area contributed by atoms with Crippen LogP contribution in [0.1, 0.15) is 11.3 Å². The Morgan fingerprint density at radius 3 is 2.48 bits per heavy atom. The van der Waals surface area contributed by atoms with Gasteiger partial charge in [-0.05, 0) is 36.9 Å². The summed E-state index contributed by atoms with van der Waals surface area (Å²) in [6, 6.07) is 12.7. The molecule has 0 fully saturated rings. The quantitative estimate of drug-likeness (QED) is 0.723. The standard InChI is InChI=1S/C17H15Cl2N3O/c1-21(9-12-2-4-13(18)5-3-12)11-15-8-17(23)22-10-14(19)6-7-16(22)20-15/h2-8,10H,9,11H2,1H3. The molecule has 1 aromatic carbocycles. The van der Waals surface area contributed by atoms with E-state index in [2.05, 4.69) is 9.88 Å². The van der Waals surface area contributed by atoms with Crippen molar-refractivity contribution in [2.45, 2.75) is 13.1 Å². The summed E-state index contributed by atoms with van der Waals surface area (Å²) >= 11 is 11.8. The summed E-state index contributed by atoms with van der Waals surface area (Å²) < 4.78 is 1.45. The number of benzene rings is 1. The second-order valence-electron chi connectivity index (χ2n) is 5.46. The highest BCUT2D eigenvalue weighted by atomic mass is 35.5. The molecule has 0 unspecified atom stereocenters. The molecule has 3 rings (SSSR count). The molecule has 0 saturated carbocycles. The minimum absolute atomic E-state index is 0.132. The Hall–Kier alpha value is -1.88. The van der Waals surface area contributed by atoms with Gasteiger partial charge in [-0.25, -0.2) is 4.98 Å². The van der Waals surface area contributed by atoms with E-state index in [1.54, 1.807) is 24.4 Å². The van der Waals surface area contributed by atoms with E-state index in [9.17, 15) is 4.79 Å². The third-order valence-electron chi connectivity index (χ3n) is 3.47. The van der Waals surface area contributed by atoms with Crippen molar-refractivity contribution in [1.82, 2.24) is 14.3 Å². The second-order valence-corrected chi connectivity index (χ2v) is 6.33. The SMILES string of the molecule is CN(Cc1ccc(Cl)cc1)Cc1cc(=O)n2cc(Cl)ccc2n1. The Balaban J connectivity index is 1.79. The van der Waals surface area contributed by atoms with Crippen LogP contribution in [0.15, 0.2) is 53.5 Å². The number of halogens is 2. The van der Waals surface area contributed by atoms with Gasteiger partial charge in [-0.1, -0.05) is 35.3 Å². The van der Waals surface area contributed by atoms with Gasteiger partial charge in [0.1, 0.15) is 5.65 Å². The summed E-state index contributed by atoms with van der Waals surface area (Å²) in [4.78, 5) is 18.8. The van der Waals surface area contributed by atoms with Gasteiger partial charge in [0.25, 0.3) is 5.56 Å². The minimum Gasteiger partial charge on any atom is -0.296 e. The summed E-state index contributed by atoms with van der Waals surface area (Å²) in [5.74, 6) is 0. The first-order valence-corrected chi connectivity index (χ1v) is 7.88. The number of fused-ring (bicyclic) bond motifs is 1. The van der Waals surface area contributed by atoms with Crippen LogP contribution < -0.4 is 5.56 Å². The fourth-order valence-electron chi connectivity index (χ4n) is 2.44. The molecule has 6 heteroatoms. The largest absolute Gasteiger partial charge is 0.296 e. The molecule has 3 aromatic rings. The Morgan fingerprint density at radius 2 is 1.74 bits per heavy atom. The highest BCUT2D eigenvalue weighted by molar-refractivity contribution is 6.30. The molecule has 0 bridgehead atoms. The zero-order valence-electron chi connectivity index (χ0n) is 12.5. The molecule has 0 radical (unpaired) electrons. The number of nitrogens with zero attached hydrogens (tertiary/aromatic N) is 3. The predicted octanol–water partition coefficient (Wildman–Crippen LogP) is 3.63. The van der Waals surface area contributed by atoms with Crippen molar-refractivity contribution >= 4 is 28.8 Å². The molecule has 0 atom stereocenters. The van der Waals surface area contributed by atoms with E-state index in [0.717, 1.165) is 22.8 Å². The molecule has 118 valence electrons. The second kappa shape index (κ2) is 6.71. The Kier molecular flexibility index (Phi) is 4.66.